The van der Waals surface area contributed by atoms with Gasteiger partial charge in [0.1, 0.15) is 0 Å². The number of hydrogen-bond donors (Lipinski definition) is 1. The Kier molecular flexibility index (Phi) is 4.62. The Bertz CT molecular complexity index is 202. The smallest absolute Gasteiger partial charge is 0.0618 e. The van der Waals surface area contributed by atoms with Crippen LogP contribution in [0.2, 0.25) is 0 Å². The van der Waals surface area contributed by atoms with Crippen LogP contribution in [0.1, 0.15) is 32.6 Å². The van der Waals surface area contributed by atoms with Gasteiger partial charge in [-0.1, -0.05) is 6.92 Å². The summed E-state index contributed by atoms with van der Waals surface area (Å²) in [4.78, 5) is 2.60. The number of rotatable bonds is 9. The normalized spacial score (nSPS) is 22.7. The van der Waals surface area contributed by atoms with E-state index >= 15 is 0 Å². The van der Waals surface area contributed by atoms with Gasteiger partial charge in [-0.05, 0) is 38.1 Å². The lowest BCUT2D eigenvalue weighted by Crippen LogP contribution is -2.41. The molecule has 0 aromatic heterocycles. The molecule has 0 radical (unpaired) electrons. The van der Waals surface area contributed by atoms with E-state index in [-0.39, 0.29) is 0 Å². The summed E-state index contributed by atoms with van der Waals surface area (Å²) < 4.78 is 5.27. The highest BCUT2D eigenvalue weighted by Crippen LogP contribution is 2.32. The van der Waals surface area contributed by atoms with Crippen molar-refractivity contribution in [2.45, 2.75) is 44.7 Å². The first-order valence-electron chi connectivity index (χ1n) is 6.81. The molecule has 2 rings (SSSR count). The molecule has 2 fully saturated rings. The summed E-state index contributed by atoms with van der Waals surface area (Å²) in [5, 5.41) is 3.66. The predicted molar refractivity (Wildman–Crippen MR) is 66.7 cm³/mol. The van der Waals surface area contributed by atoms with Crippen molar-refractivity contribution in [2.75, 3.05) is 33.4 Å². The van der Waals surface area contributed by atoms with E-state index in [4.69, 9.17) is 4.74 Å². The summed E-state index contributed by atoms with van der Waals surface area (Å²) in [5.41, 5.74) is 0. The van der Waals surface area contributed by atoms with E-state index in [1.165, 1.54) is 38.8 Å². The van der Waals surface area contributed by atoms with E-state index in [1.807, 2.05) is 0 Å². The summed E-state index contributed by atoms with van der Waals surface area (Å²) in [5.74, 6) is 0.885. The first-order valence-corrected chi connectivity index (χ1v) is 6.81. The molecule has 3 heteroatoms. The first-order chi connectivity index (χ1) is 7.85. The Labute approximate surface area is 99.5 Å². The van der Waals surface area contributed by atoms with Gasteiger partial charge in [0.05, 0.1) is 6.61 Å². The van der Waals surface area contributed by atoms with Crippen molar-refractivity contribution in [1.29, 1.82) is 0 Å². The highest BCUT2D eigenvalue weighted by molar-refractivity contribution is 4.88. The lowest BCUT2D eigenvalue weighted by atomic mass is 10.2. The van der Waals surface area contributed by atoms with Crippen molar-refractivity contribution in [3.8, 4) is 0 Å². The molecule has 16 heavy (non-hydrogen) atoms. The van der Waals surface area contributed by atoms with Gasteiger partial charge in [0.2, 0.25) is 0 Å². The standard InChI is InChI=1S/C13H26N2O/c1-3-15(12-6-7-12)9-8-14-13(10-16-2)11-4-5-11/h11-14H,3-10H2,1-2H3. The van der Waals surface area contributed by atoms with Gasteiger partial charge in [-0.2, -0.15) is 0 Å². The Morgan fingerprint density at radius 3 is 2.56 bits per heavy atom. The fourth-order valence-electron chi connectivity index (χ4n) is 2.47. The molecule has 0 spiro atoms. The van der Waals surface area contributed by atoms with Crippen molar-refractivity contribution in [3.63, 3.8) is 0 Å². The molecule has 0 heterocycles. The van der Waals surface area contributed by atoms with Gasteiger partial charge in [-0.25, -0.2) is 0 Å². The molecule has 0 bridgehead atoms. The van der Waals surface area contributed by atoms with Gasteiger partial charge in [0, 0.05) is 32.3 Å². The lowest BCUT2D eigenvalue weighted by molar-refractivity contribution is 0.154. The Morgan fingerprint density at radius 1 is 1.31 bits per heavy atom. The van der Waals surface area contributed by atoms with E-state index in [2.05, 4.69) is 17.1 Å². The molecule has 2 saturated carbocycles. The van der Waals surface area contributed by atoms with Crippen LogP contribution >= 0.6 is 0 Å². The minimum absolute atomic E-state index is 0.600. The number of nitrogens with one attached hydrogen (secondary N) is 1. The molecule has 0 amide bonds. The minimum Gasteiger partial charge on any atom is -0.383 e. The van der Waals surface area contributed by atoms with Crippen LogP contribution in [-0.4, -0.2) is 50.3 Å². The minimum atomic E-state index is 0.600. The van der Waals surface area contributed by atoms with Gasteiger partial charge in [0.15, 0.2) is 0 Å². The monoisotopic (exact) mass is 226 g/mol. The molecule has 0 aromatic rings. The molecule has 2 aliphatic carbocycles. The fourth-order valence-corrected chi connectivity index (χ4v) is 2.47. The van der Waals surface area contributed by atoms with Crippen LogP contribution in [-0.2, 0) is 4.74 Å². The van der Waals surface area contributed by atoms with Crippen molar-refractivity contribution < 1.29 is 4.74 Å². The SMILES string of the molecule is CCN(CCNC(COC)C1CC1)C1CC1. The van der Waals surface area contributed by atoms with E-state index < -0.39 is 0 Å². The Balaban J connectivity index is 1.60. The zero-order valence-corrected chi connectivity index (χ0v) is 10.7. The van der Waals surface area contributed by atoms with E-state index in [0.717, 1.165) is 25.1 Å². The summed E-state index contributed by atoms with van der Waals surface area (Å²) >= 11 is 0. The van der Waals surface area contributed by atoms with Crippen molar-refractivity contribution in [2.24, 2.45) is 5.92 Å². The number of ether oxygens (including phenoxy) is 1. The van der Waals surface area contributed by atoms with Crippen LogP contribution in [0.5, 0.6) is 0 Å². The second-order valence-corrected chi connectivity index (χ2v) is 5.21. The maximum absolute atomic E-state index is 5.27. The summed E-state index contributed by atoms with van der Waals surface area (Å²) in [7, 11) is 1.81. The second kappa shape index (κ2) is 5.99. The third-order valence-electron chi connectivity index (χ3n) is 3.81. The zero-order valence-electron chi connectivity index (χ0n) is 10.7. The molecular weight excluding hydrogens is 200 g/mol. The second-order valence-electron chi connectivity index (χ2n) is 5.21. The molecule has 2 aliphatic rings. The fraction of sp³-hybridized carbons (Fsp3) is 1.00. The van der Waals surface area contributed by atoms with Crippen LogP contribution < -0.4 is 5.32 Å². The third-order valence-corrected chi connectivity index (χ3v) is 3.81. The summed E-state index contributed by atoms with van der Waals surface area (Å²) in [6.45, 7) is 6.67. The average Bonchev–Trinajstić information content (AvgIpc) is 3.16. The predicted octanol–water partition coefficient (Wildman–Crippen LogP) is 1.49. The van der Waals surface area contributed by atoms with Gasteiger partial charge in [-0.15, -0.1) is 0 Å². The van der Waals surface area contributed by atoms with Gasteiger partial charge in [0.25, 0.3) is 0 Å². The Hall–Kier alpha value is -0.120. The topological polar surface area (TPSA) is 24.5 Å². The van der Waals surface area contributed by atoms with E-state index in [0.29, 0.717) is 6.04 Å². The number of nitrogens with zero attached hydrogens (tertiary/aromatic N) is 1. The molecule has 1 N–H and O–H groups in total. The molecule has 94 valence electrons. The number of hydrogen-bond acceptors (Lipinski definition) is 3. The lowest BCUT2D eigenvalue weighted by Gasteiger charge is -2.23. The van der Waals surface area contributed by atoms with Crippen LogP contribution in [0.4, 0.5) is 0 Å². The molecule has 0 aromatic carbocycles. The highest BCUT2D eigenvalue weighted by Gasteiger charge is 2.31. The maximum atomic E-state index is 5.27. The maximum Gasteiger partial charge on any atom is 0.0618 e. The zero-order chi connectivity index (χ0) is 11.4. The van der Waals surface area contributed by atoms with Crippen LogP contribution in [0, 0.1) is 5.92 Å². The first kappa shape index (κ1) is 12.3. The van der Waals surface area contributed by atoms with Crippen molar-refractivity contribution >= 4 is 0 Å². The number of likely N-dealkylation sites (N-methyl/N-ethyl adjacent to an activating group) is 1. The summed E-state index contributed by atoms with van der Waals surface area (Å²) in [6.07, 6.45) is 5.61. The van der Waals surface area contributed by atoms with Crippen molar-refractivity contribution in [1.82, 2.24) is 10.2 Å². The van der Waals surface area contributed by atoms with E-state index in [9.17, 15) is 0 Å². The molecule has 0 aliphatic heterocycles. The molecular formula is C13H26N2O. The molecule has 1 unspecified atom stereocenters. The summed E-state index contributed by atoms with van der Waals surface area (Å²) in [6, 6.07) is 1.50. The quantitative estimate of drug-likeness (QED) is 0.644. The van der Waals surface area contributed by atoms with Crippen LogP contribution in [0.25, 0.3) is 0 Å². The molecule has 1 atom stereocenters. The van der Waals surface area contributed by atoms with Gasteiger partial charge < -0.3 is 10.1 Å². The Morgan fingerprint density at radius 2 is 2.06 bits per heavy atom. The largest absolute Gasteiger partial charge is 0.383 e. The van der Waals surface area contributed by atoms with Gasteiger partial charge in [-0.3, -0.25) is 4.90 Å². The highest BCUT2D eigenvalue weighted by atomic mass is 16.5. The molecule has 3 nitrogen and oxygen atoms in total. The average molecular weight is 226 g/mol. The van der Waals surface area contributed by atoms with Crippen molar-refractivity contribution in [3.05, 3.63) is 0 Å². The van der Waals surface area contributed by atoms with Crippen LogP contribution in [0.3, 0.4) is 0 Å². The van der Waals surface area contributed by atoms with Crippen LogP contribution in [0.15, 0.2) is 0 Å². The third kappa shape index (κ3) is 3.72. The van der Waals surface area contributed by atoms with Gasteiger partial charge >= 0.3 is 0 Å². The number of methoxy groups -OCH3 is 1. The van der Waals surface area contributed by atoms with E-state index in [1.54, 1.807) is 7.11 Å². The molecule has 0 saturated heterocycles.